The van der Waals surface area contributed by atoms with E-state index in [-0.39, 0.29) is 6.61 Å². The van der Waals surface area contributed by atoms with Gasteiger partial charge in [0.2, 0.25) is 0 Å². The van der Waals surface area contributed by atoms with Gasteiger partial charge in [-0.3, -0.25) is 4.98 Å². The van der Waals surface area contributed by atoms with Crippen LogP contribution in [0.1, 0.15) is 31.2 Å². The Morgan fingerprint density at radius 2 is 2.32 bits per heavy atom. The monoisotopic (exact) mass is 264 g/mol. The van der Waals surface area contributed by atoms with Crippen molar-refractivity contribution in [1.82, 2.24) is 9.88 Å². The number of hydrogen-bond donors (Lipinski definition) is 1. The Balaban J connectivity index is 1.81. The summed E-state index contributed by atoms with van der Waals surface area (Å²) in [6.07, 6.45) is 8.94. The van der Waals surface area contributed by atoms with Crippen LogP contribution in [0.25, 0.3) is 0 Å². The van der Waals surface area contributed by atoms with E-state index in [2.05, 4.69) is 23.0 Å². The zero-order chi connectivity index (χ0) is 13.5. The molecule has 2 heterocycles. The van der Waals surface area contributed by atoms with Crippen LogP contribution in [-0.2, 0) is 6.42 Å². The van der Waals surface area contributed by atoms with E-state index in [4.69, 9.17) is 9.84 Å². The Morgan fingerprint density at radius 1 is 1.42 bits per heavy atom. The number of aromatic nitrogens is 1. The number of aliphatic hydroxyl groups is 1. The van der Waals surface area contributed by atoms with E-state index in [1.54, 1.807) is 6.20 Å². The zero-order valence-electron chi connectivity index (χ0n) is 11.7. The summed E-state index contributed by atoms with van der Waals surface area (Å²) in [7, 11) is 2.16. The van der Waals surface area contributed by atoms with Crippen LogP contribution in [0.3, 0.4) is 0 Å². The second-order valence-corrected chi connectivity index (χ2v) is 5.30. The van der Waals surface area contributed by atoms with E-state index in [0.717, 1.165) is 31.6 Å². The van der Waals surface area contributed by atoms with Gasteiger partial charge in [0.25, 0.3) is 0 Å². The number of aryl methyl sites for hydroxylation is 1. The van der Waals surface area contributed by atoms with Crippen LogP contribution in [0, 0.1) is 0 Å². The maximum absolute atomic E-state index is 8.78. The average Bonchev–Trinajstić information content (AvgIpc) is 2.83. The van der Waals surface area contributed by atoms with E-state index in [9.17, 15) is 0 Å². The number of unbranched alkanes of at least 4 members (excludes halogenated alkanes) is 1. The third-order valence-electron chi connectivity index (χ3n) is 3.76. The molecule has 1 atom stereocenters. The van der Waals surface area contributed by atoms with Gasteiger partial charge in [-0.2, -0.15) is 0 Å². The van der Waals surface area contributed by atoms with Gasteiger partial charge in [-0.15, -0.1) is 0 Å². The van der Waals surface area contributed by atoms with E-state index < -0.39 is 0 Å². The van der Waals surface area contributed by atoms with Crippen molar-refractivity contribution in [2.24, 2.45) is 0 Å². The molecule has 0 aromatic carbocycles. The van der Waals surface area contributed by atoms with Crippen molar-refractivity contribution in [2.45, 2.75) is 38.1 Å². The van der Waals surface area contributed by atoms with Crippen LogP contribution in [0.5, 0.6) is 5.75 Å². The number of hydrogen-bond acceptors (Lipinski definition) is 4. The maximum atomic E-state index is 8.78. The van der Waals surface area contributed by atoms with Gasteiger partial charge in [0.1, 0.15) is 12.4 Å². The van der Waals surface area contributed by atoms with Gasteiger partial charge in [0, 0.05) is 18.8 Å². The third kappa shape index (κ3) is 4.48. The van der Waals surface area contributed by atoms with Gasteiger partial charge < -0.3 is 14.7 Å². The highest BCUT2D eigenvalue weighted by Crippen LogP contribution is 2.18. The van der Waals surface area contributed by atoms with E-state index in [0.29, 0.717) is 6.04 Å². The molecule has 0 unspecified atom stereocenters. The van der Waals surface area contributed by atoms with Gasteiger partial charge in [0.15, 0.2) is 0 Å². The first-order valence-electron chi connectivity index (χ1n) is 7.17. The minimum Gasteiger partial charge on any atom is -0.490 e. The van der Waals surface area contributed by atoms with Crippen molar-refractivity contribution in [1.29, 1.82) is 0 Å². The Bertz CT molecular complexity index is 384. The molecule has 2 rings (SSSR count). The van der Waals surface area contributed by atoms with Gasteiger partial charge >= 0.3 is 0 Å². The summed E-state index contributed by atoms with van der Waals surface area (Å²) >= 11 is 0. The molecule has 1 aliphatic rings. The molecule has 1 fully saturated rings. The Labute approximate surface area is 115 Å². The SMILES string of the molecule is CN1CCC[C@H]1COc1cncc(CCCCO)c1. The Hall–Kier alpha value is -1.13. The number of likely N-dealkylation sites (tertiary alicyclic amines) is 1. The molecular formula is C15H24N2O2. The topological polar surface area (TPSA) is 45.6 Å². The molecular weight excluding hydrogens is 240 g/mol. The van der Waals surface area contributed by atoms with Crippen molar-refractivity contribution in [3.63, 3.8) is 0 Å². The molecule has 1 saturated heterocycles. The van der Waals surface area contributed by atoms with Crippen LogP contribution in [0.4, 0.5) is 0 Å². The fourth-order valence-electron chi connectivity index (χ4n) is 2.50. The summed E-state index contributed by atoms with van der Waals surface area (Å²) in [6, 6.07) is 2.61. The summed E-state index contributed by atoms with van der Waals surface area (Å²) < 4.78 is 5.85. The standard InChI is InChI=1S/C15H24N2O2/c1-17-7-4-6-14(17)12-19-15-9-13(10-16-11-15)5-2-3-8-18/h9-11,14,18H,2-8,12H2,1H3/t14-/m0/s1. The van der Waals surface area contributed by atoms with Gasteiger partial charge in [-0.25, -0.2) is 0 Å². The largest absolute Gasteiger partial charge is 0.490 e. The fraction of sp³-hybridized carbons (Fsp3) is 0.667. The first kappa shape index (κ1) is 14.3. The molecule has 106 valence electrons. The van der Waals surface area contributed by atoms with Crippen molar-refractivity contribution >= 4 is 0 Å². The van der Waals surface area contributed by atoms with Crippen molar-refractivity contribution in [3.8, 4) is 5.75 Å². The molecule has 4 nitrogen and oxygen atoms in total. The van der Waals surface area contributed by atoms with Crippen LogP contribution in [0.15, 0.2) is 18.5 Å². The molecule has 0 saturated carbocycles. The highest BCUT2D eigenvalue weighted by Gasteiger charge is 2.21. The normalized spacial score (nSPS) is 19.8. The molecule has 4 heteroatoms. The molecule has 0 bridgehead atoms. The lowest BCUT2D eigenvalue weighted by Gasteiger charge is -2.19. The smallest absolute Gasteiger partial charge is 0.137 e. The van der Waals surface area contributed by atoms with E-state index in [1.807, 2.05) is 6.20 Å². The minimum atomic E-state index is 0.262. The lowest BCUT2D eigenvalue weighted by atomic mass is 10.1. The lowest BCUT2D eigenvalue weighted by Crippen LogP contribution is -2.30. The fourth-order valence-corrected chi connectivity index (χ4v) is 2.50. The summed E-state index contributed by atoms with van der Waals surface area (Å²) in [6.45, 7) is 2.18. The first-order valence-corrected chi connectivity index (χ1v) is 7.17. The quantitative estimate of drug-likeness (QED) is 0.764. The summed E-state index contributed by atoms with van der Waals surface area (Å²) in [5.41, 5.74) is 1.19. The minimum absolute atomic E-state index is 0.262. The first-order chi connectivity index (χ1) is 9.29. The van der Waals surface area contributed by atoms with Crippen LogP contribution >= 0.6 is 0 Å². The average molecular weight is 264 g/mol. The van der Waals surface area contributed by atoms with E-state index >= 15 is 0 Å². The van der Waals surface area contributed by atoms with Crippen LogP contribution < -0.4 is 4.74 Å². The van der Waals surface area contributed by atoms with Crippen molar-refractivity contribution < 1.29 is 9.84 Å². The highest BCUT2D eigenvalue weighted by atomic mass is 16.5. The molecule has 0 aliphatic carbocycles. The second-order valence-electron chi connectivity index (χ2n) is 5.30. The predicted molar refractivity (Wildman–Crippen MR) is 75.4 cm³/mol. The Kier molecular flexibility index (Phi) is 5.61. The summed E-state index contributed by atoms with van der Waals surface area (Å²) in [5.74, 6) is 0.863. The van der Waals surface area contributed by atoms with Crippen molar-refractivity contribution in [3.05, 3.63) is 24.0 Å². The number of pyridine rings is 1. The third-order valence-corrected chi connectivity index (χ3v) is 3.76. The zero-order valence-corrected chi connectivity index (χ0v) is 11.7. The molecule has 0 amide bonds. The summed E-state index contributed by atoms with van der Waals surface area (Å²) in [5, 5.41) is 8.78. The molecule has 1 aromatic heterocycles. The number of rotatable bonds is 7. The van der Waals surface area contributed by atoms with Gasteiger partial charge in [-0.1, -0.05) is 0 Å². The predicted octanol–water partition coefficient (Wildman–Crippen LogP) is 1.87. The molecule has 1 aliphatic heterocycles. The molecule has 0 spiro atoms. The van der Waals surface area contributed by atoms with Gasteiger partial charge in [-0.05, 0) is 57.3 Å². The maximum Gasteiger partial charge on any atom is 0.137 e. The highest BCUT2D eigenvalue weighted by molar-refractivity contribution is 5.23. The molecule has 1 N–H and O–H groups in total. The van der Waals surface area contributed by atoms with Crippen molar-refractivity contribution in [2.75, 3.05) is 26.8 Å². The van der Waals surface area contributed by atoms with E-state index in [1.165, 1.54) is 24.9 Å². The Morgan fingerprint density at radius 3 is 3.05 bits per heavy atom. The second kappa shape index (κ2) is 7.46. The number of nitrogens with zero attached hydrogens (tertiary/aromatic N) is 2. The van der Waals surface area contributed by atoms with Gasteiger partial charge in [0.05, 0.1) is 6.20 Å². The molecule has 0 radical (unpaired) electrons. The molecule has 19 heavy (non-hydrogen) atoms. The molecule has 1 aromatic rings. The number of ether oxygens (including phenoxy) is 1. The lowest BCUT2D eigenvalue weighted by molar-refractivity contribution is 0.197. The number of aliphatic hydroxyl groups excluding tert-OH is 1. The van der Waals surface area contributed by atoms with Crippen LogP contribution in [0.2, 0.25) is 0 Å². The number of likely N-dealkylation sites (N-methyl/N-ethyl adjacent to an activating group) is 1. The summed E-state index contributed by atoms with van der Waals surface area (Å²) in [4.78, 5) is 6.59. The van der Waals surface area contributed by atoms with Crippen LogP contribution in [-0.4, -0.2) is 47.8 Å².